The lowest BCUT2D eigenvalue weighted by Crippen LogP contribution is -2.49. The van der Waals surface area contributed by atoms with Crippen LogP contribution >= 0.6 is 0 Å². The van der Waals surface area contributed by atoms with E-state index in [1.54, 1.807) is 0 Å². The summed E-state index contributed by atoms with van der Waals surface area (Å²) in [4.78, 5) is 12.9. The molecular formula is C12H19N5. The molecule has 5 nitrogen and oxygen atoms in total. The quantitative estimate of drug-likeness (QED) is 0.734. The van der Waals surface area contributed by atoms with Gasteiger partial charge in [0.25, 0.3) is 0 Å². The van der Waals surface area contributed by atoms with Gasteiger partial charge in [-0.1, -0.05) is 12.2 Å². The van der Waals surface area contributed by atoms with Crippen LogP contribution in [0.5, 0.6) is 0 Å². The molecule has 2 rings (SSSR count). The molecule has 5 heteroatoms. The molecule has 0 aromatic carbocycles. The number of hydrogen-bond donors (Lipinski definition) is 1. The molecule has 1 atom stereocenters. The fraction of sp³-hybridized carbons (Fsp3) is 0.500. The number of guanidine groups is 2. The molecule has 0 aromatic heterocycles. The van der Waals surface area contributed by atoms with E-state index in [1.807, 2.05) is 33.0 Å². The molecule has 0 radical (unpaired) electrons. The molecule has 0 saturated heterocycles. The van der Waals surface area contributed by atoms with Gasteiger partial charge in [-0.3, -0.25) is 5.32 Å². The number of rotatable bonds is 1. The van der Waals surface area contributed by atoms with Crippen molar-refractivity contribution in [2.75, 3.05) is 21.1 Å². The Bertz CT molecular complexity index is 417. The summed E-state index contributed by atoms with van der Waals surface area (Å²) in [5, 5.41) is 3.24. The molecule has 0 amide bonds. The van der Waals surface area contributed by atoms with Crippen LogP contribution in [0.3, 0.4) is 0 Å². The predicted molar refractivity (Wildman–Crippen MR) is 70.8 cm³/mol. The number of nitrogens with one attached hydrogen (secondary N) is 1. The second kappa shape index (κ2) is 4.61. The second-order valence-electron chi connectivity index (χ2n) is 4.38. The minimum absolute atomic E-state index is 0.0444. The van der Waals surface area contributed by atoms with Gasteiger partial charge in [0, 0.05) is 26.8 Å². The Kier molecular flexibility index (Phi) is 3.17. The lowest BCUT2D eigenvalue weighted by molar-refractivity contribution is 0.550. The molecule has 0 fully saturated rings. The normalized spacial score (nSPS) is 22.6. The van der Waals surface area contributed by atoms with E-state index >= 15 is 0 Å². The number of nitrogens with zero attached hydrogens (tertiary/aromatic N) is 4. The van der Waals surface area contributed by atoms with E-state index < -0.39 is 0 Å². The topological polar surface area (TPSA) is 43.2 Å². The highest BCUT2D eigenvalue weighted by molar-refractivity contribution is 6.00. The summed E-state index contributed by atoms with van der Waals surface area (Å²) in [6.45, 7) is 1.98. The third kappa shape index (κ3) is 2.49. The summed E-state index contributed by atoms with van der Waals surface area (Å²) in [5.74, 6) is 1.69. The van der Waals surface area contributed by atoms with Gasteiger partial charge in [-0.2, -0.15) is 0 Å². The van der Waals surface area contributed by atoms with E-state index in [0.29, 0.717) is 0 Å². The molecule has 1 N–H and O–H groups in total. The molecule has 1 heterocycles. The van der Waals surface area contributed by atoms with E-state index in [1.165, 1.54) is 5.70 Å². The smallest absolute Gasteiger partial charge is 0.207 e. The maximum atomic E-state index is 4.50. The Morgan fingerprint density at radius 1 is 1.24 bits per heavy atom. The first kappa shape index (κ1) is 11.7. The van der Waals surface area contributed by atoms with Crippen LogP contribution in [0, 0.1) is 0 Å². The zero-order chi connectivity index (χ0) is 12.4. The average Bonchev–Trinajstić information content (AvgIpc) is 2.80. The monoisotopic (exact) mass is 233 g/mol. The summed E-state index contributed by atoms with van der Waals surface area (Å²) >= 11 is 0. The van der Waals surface area contributed by atoms with Gasteiger partial charge in [0.2, 0.25) is 11.9 Å². The van der Waals surface area contributed by atoms with Crippen LogP contribution in [0.15, 0.2) is 33.9 Å². The van der Waals surface area contributed by atoms with Crippen LogP contribution < -0.4 is 5.32 Å². The first-order valence-corrected chi connectivity index (χ1v) is 5.78. The van der Waals surface area contributed by atoms with Crippen molar-refractivity contribution >= 4 is 11.9 Å². The van der Waals surface area contributed by atoms with Crippen LogP contribution in [0.2, 0.25) is 0 Å². The molecule has 1 aliphatic heterocycles. The van der Waals surface area contributed by atoms with Crippen molar-refractivity contribution in [1.29, 1.82) is 0 Å². The maximum absolute atomic E-state index is 4.50. The number of likely N-dealkylation sites (N-methyl/N-ethyl adjacent to an activating group) is 1. The summed E-state index contributed by atoms with van der Waals surface area (Å²) in [6, 6.07) is 0. The lowest BCUT2D eigenvalue weighted by Gasteiger charge is -2.29. The van der Waals surface area contributed by atoms with Gasteiger partial charge in [0.05, 0.1) is 0 Å². The third-order valence-corrected chi connectivity index (χ3v) is 2.72. The fourth-order valence-corrected chi connectivity index (χ4v) is 1.76. The van der Waals surface area contributed by atoms with E-state index in [2.05, 4.69) is 38.4 Å². The van der Waals surface area contributed by atoms with Crippen LogP contribution in [-0.2, 0) is 0 Å². The molecule has 0 bridgehead atoms. The SMILES string of the molecule is CC1N=C(N(C)C)NC(N(C)C2=CCC=C2)=N1. The highest BCUT2D eigenvalue weighted by Crippen LogP contribution is 2.14. The van der Waals surface area contributed by atoms with Gasteiger partial charge in [0.1, 0.15) is 6.17 Å². The number of hydrogen-bond acceptors (Lipinski definition) is 5. The van der Waals surface area contributed by atoms with E-state index in [9.17, 15) is 0 Å². The molecule has 2 aliphatic rings. The largest absolute Gasteiger partial charge is 0.349 e. The van der Waals surface area contributed by atoms with Crippen molar-refractivity contribution in [3.63, 3.8) is 0 Å². The first-order valence-electron chi connectivity index (χ1n) is 5.78. The van der Waals surface area contributed by atoms with Gasteiger partial charge in [-0.25, -0.2) is 9.98 Å². The Morgan fingerprint density at radius 3 is 2.53 bits per heavy atom. The molecule has 1 aliphatic carbocycles. The van der Waals surface area contributed by atoms with E-state index in [-0.39, 0.29) is 6.17 Å². The molecule has 1 unspecified atom stereocenters. The molecule has 92 valence electrons. The molecule has 0 saturated carbocycles. The van der Waals surface area contributed by atoms with Gasteiger partial charge < -0.3 is 9.80 Å². The van der Waals surface area contributed by atoms with Crippen molar-refractivity contribution in [2.45, 2.75) is 19.5 Å². The Labute approximate surface area is 102 Å². The Balaban J connectivity index is 2.14. The summed E-state index contributed by atoms with van der Waals surface area (Å²) in [5.41, 5.74) is 1.17. The molecule has 0 spiro atoms. The maximum Gasteiger partial charge on any atom is 0.207 e. The van der Waals surface area contributed by atoms with Crippen molar-refractivity contribution in [3.05, 3.63) is 23.9 Å². The second-order valence-corrected chi connectivity index (χ2v) is 4.38. The van der Waals surface area contributed by atoms with Crippen LogP contribution in [0.4, 0.5) is 0 Å². The molecule has 0 aromatic rings. The van der Waals surface area contributed by atoms with Crippen molar-refractivity contribution in [2.24, 2.45) is 9.98 Å². The minimum atomic E-state index is -0.0444. The highest BCUT2D eigenvalue weighted by atomic mass is 15.4. The van der Waals surface area contributed by atoms with Gasteiger partial charge in [0.15, 0.2) is 0 Å². The van der Waals surface area contributed by atoms with Gasteiger partial charge in [-0.05, 0) is 19.4 Å². The summed E-state index contributed by atoms with van der Waals surface area (Å²) in [6.07, 6.45) is 7.37. The van der Waals surface area contributed by atoms with E-state index in [4.69, 9.17) is 0 Å². The first-order chi connectivity index (χ1) is 8.08. The predicted octanol–water partition coefficient (Wildman–Crippen LogP) is 0.985. The highest BCUT2D eigenvalue weighted by Gasteiger charge is 2.19. The van der Waals surface area contributed by atoms with Gasteiger partial charge in [-0.15, -0.1) is 0 Å². The standard InChI is InChI=1S/C12H19N5/c1-9-13-11(16(2)3)15-12(14-9)17(4)10-7-5-6-8-10/h5,7-9H,6H2,1-4H3,(H,13,14,15). The molecular weight excluding hydrogens is 214 g/mol. The van der Waals surface area contributed by atoms with E-state index in [0.717, 1.165) is 18.3 Å². The fourth-order valence-electron chi connectivity index (χ4n) is 1.76. The van der Waals surface area contributed by atoms with Gasteiger partial charge >= 0.3 is 0 Å². The zero-order valence-corrected chi connectivity index (χ0v) is 10.8. The van der Waals surface area contributed by atoms with Crippen molar-refractivity contribution in [1.82, 2.24) is 15.1 Å². The van der Waals surface area contributed by atoms with Crippen molar-refractivity contribution < 1.29 is 0 Å². The molecule has 17 heavy (non-hydrogen) atoms. The van der Waals surface area contributed by atoms with Crippen molar-refractivity contribution in [3.8, 4) is 0 Å². The van der Waals surface area contributed by atoms with Crippen LogP contribution in [0.25, 0.3) is 0 Å². The van der Waals surface area contributed by atoms with Crippen LogP contribution in [-0.4, -0.2) is 49.0 Å². The minimum Gasteiger partial charge on any atom is -0.349 e. The third-order valence-electron chi connectivity index (χ3n) is 2.72. The zero-order valence-electron chi connectivity index (χ0n) is 10.8. The lowest BCUT2D eigenvalue weighted by atomic mass is 10.4. The number of allylic oxidation sites excluding steroid dienone is 3. The van der Waals surface area contributed by atoms with Crippen LogP contribution in [0.1, 0.15) is 13.3 Å². The Hall–Kier alpha value is -1.78. The summed E-state index contributed by atoms with van der Waals surface area (Å²) in [7, 11) is 5.95. The average molecular weight is 233 g/mol. The Morgan fingerprint density at radius 2 is 1.94 bits per heavy atom. The number of aliphatic imine (C=N–C) groups is 2. The summed E-state index contributed by atoms with van der Waals surface area (Å²) < 4.78 is 0.